The van der Waals surface area contributed by atoms with Crippen LogP contribution in [0.5, 0.6) is 0 Å². The molecule has 0 spiro atoms. The van der Waals surface area contributed by atoms with Crippen molar-refractivity contribution in [3.8, 4) is 0 Å². The van der Waals surface area contributed by atoms with Crippen LogP contribution < -0.4 is 5.73 Å². The molecule has 0 bridgehead atoms. The lowest BCUT2D eigenvalue weighted by atomic mass is 10.2. The predicted molar refractivity (Wildman–Crippen MR) is 57.1 cm³/mol. The largest absolute Gasteiger partial charge is 0.377 e. The Morgan fingerprint density at radius 1 is 1.62 bits per heavy atom. The van der Waals surface area contributed by atoms with Crippen LogP contribution in [-0.2, 0) is 0 Å². The molecule has 1 aromatic heterocycles. The molecule has 0 unspecified atom stereocenters. The summed E-state index contributed by atoms with van der Waals surface area (Å²) in [4.78, 5) is 23.7. The molecule has 1 aromatic rings. The molecular formula is C7H4F2IN3O3. The van der Waals surface area contributed by atoms with Crippen LogP contribution in [0, 0.1) is 13.8 Å². The summed E-state index contributed by atoms with van der Waals surface area (Å²) in [7, 11) is 0. The van der Waals surface area contributed by atoms with Crippen LogP contribution in [0.1, 0.15) is 22.3 Å². The number of hydrogen-bond acceptors (Lipinski definition) is 4. The van der Waals surface area contributed by atoms with E-state index in [4.69, 9.17) is 5.73 Å². The number of nitrogens with zero attached hydrogens (tertiary/aromatic N) is 2. The van der Waals surface area contributed by atoms with Crippen LogP contribution in [0.25, 0.3) is 0 Å². The molecule has 16 heavy (non-hydrogen) atoms. The standard InChI is InChI=1S/C7H4F2IN3O3/c8-4(9)2-1-3(6(11)14)7(13(15)16)12-5(2)10/h1,4H,(H2,11,14). The van der Waals surface area contributed by atoms with Crippen LogP contribution in [0.15, 0.2) is 6.07 Å². The maximum atomic E-state index is 12.4. The normalized spacial score (nSPS) is 10.5. The van der Waals surface area contributed by atoms with Crippen molar-refractivity contribution in [1.29, 1.82) is 0 Å². The Morgan fingerprint density at radius 3 is 2.56 bits per heavy atom. The second-order valence-corrected chi connectivity index (χ2v) is 3.68. The zero-order valence-corrected chi connectivity index (χ0v) is 9.64. The van der Waals surface area contributed by atoms with Crippen LogP contribution in [0.4, 0.5) is 14.6 Å². The highest BCUT2D eigenvalue weighted by Gasteiger charge is 2.27. The number of hydrogen-bond donors (Lipinski definition) is 1. The van der Waals surface area contributed by atoms with Crippen LogP contribution >= 0.6 is 22.6 Å². The van der Waals surface area contributed by atoms with E-state index < -0.39 is 34.2 Å². The average Bonchev–Trinajstić information content (AvgIpc) is 2.15. The van der Waals surface area contributed by atoms with Crippen molar-refractivity contribution < 1.29 is 18.5 Å². The molecule has 0 radical (unpaired) electrons. The van der Waals surface area contributed by atoms with E-state index in [1.54, 1.807) is 0 Å². The lowest BCUT2D eigenvalue weighted by Gasteiger charge is -2.03. The molecule has 1 amide bonds. The van der Waals surface area contributed by atoms with Gasteiger partial charge in [0.1, 0.15) is 5.56 Å². The third-order valence-electron chi connectivity index (χ3n) is 1.66. The molecule has 0 aliphatic heterocycles. The number of carbonyl (C=O) groups is 1. The lowest BCUT2D eigenvalue weighted by molar-refractivity contribution is -0.389. The second-order valence-electron chi connectivity index (χ2n) is 2.66. The summed E-state index contributed by atoms with van der Waals surface area (Å²) in [6.07, 6.45) is -2.88. The monoisotopic (exact) mass is 343 g/mol. The third kappa shape index (κ3) is 2.40. The zero-order valence-electron chi connectivity index (χ0n) is 7.49. The quantitative estimate of drug-likeness (QED) is 0.390. The molecule has 0 aliphatic carbocycles. The summed E-state index contributed by atoms with van der Waals surface area (Å²) in [6, 6.07) is 0.694. The Bertz CT molecular complexity index is 466. The van der Waals surface area contributed by atoms with Crippen molar-refractivity contribution in [3.05, 3.63) is 31.0 Å². The maximum absolute atomic E-state index is 12.4. The fourth-order valence-corrected chi connectivity index (χ4v) is 1.59. The van der Waals surface area contributed by atoms with E-state index in [0.717, 1.165) is 0 Å². The van der Waals surface area contributed by atoms with Gasteiger partial charge < -0.3 is 15.8 Å². The second kappa shape index (κ2) is 4.63. The minimum absolute atomic E-state index is 0.232. The van der Waals surface area contributed by atoms with E-state index in [1.807, 2.05) is 0 Å². The predicted octanol–water partition coefficient (Wildman–Crippen LogP) is 1.63. The van der Waals surface area contributed by atoms with Gasteiger partial charge in [-0.3, -0.25) is 4.79 Å². The molecular weight excluding hydrogens is 339 g/mol. The van der Waals surface area contributed by atoms with Gasteiger partial charge in [-0.15, -0.1) is 0 Å². The Balaban J connectivity index is 3.49. The highest BCUT2D eigenvalue weighted by molar-refractivity contribution is 14.1. The van der Waals surface area contributed by atoms with Crippen molar-refractivity contribution in [3.63, 3.8) is 0 Å². The fourth-order valence-electron chi connectivity index (χ4n) is 0.971. The van der Waals surface area contributed by atoms with E-state index in [-0.39, 0.29) is 3.70 Å². The number of pyridine rings is 1. The van der Waals surface area contributed by atoms with Gasteiger partial charge in [-0.25, -0.2) is 8.78 Å². The van der Waals surface area contributed by atoms with E-state index >= 15 is 0 Å². The first kappa shape index (κ1) is 12.7. The average molecular weight is 343 g/mol. The maximum Gasteiger partial charge on any atom is 0.377 e. The van der Waals surface area contributed by atoms with E-state index in [1.165, 1.54) is 22.6 Å². The molecule has 2 N–H and O–H groups in total. The summed E-state index contributed by atoms with van der Waals surface area (Å²) in [5.41, 5.74) is 3.66. The van der Waals surface area contributed by atoms with Gasteiger partial charge in [-0.1, -0.05) is 0 Å². The minimum atomic E-state index is -2.88. The van der Waals surface area contributed by atoms with Crippen molar-refractivity contribution in [2.75, 3.05) is 0 Å². The molecule has 9 heteroatoms. The molecule has 0 aromatic carbocycles. The van der Waals surface area contributed by atoms with Crippen molar-refractivity contribution in [1.82, 2.24) is 4.98 Å². The highest BCUT2D eigenvalue weighted by Crippen LogP contribution is 2.27. The zero-order chi connectivity index (χ0) is 12.5. The number of alkyl halides is 2. The molecule has 0 atom stereocenters. The Hall–Kier alpha value is -1.39. The van der Waals surface area contributed by atoms with Crippen molar-refractivity contribution in [2.24, 2.45) is 5.73 Å². The van der Waals surface area contributed by atoms with Gasteiger partial charge in [0.15, 0.2) is 0 Å². The van der Waals surface area contributed by atoms with Gasteiger partial charge in [0, 0.05) is 22.6 Å². The van der Waals surface area contributed by atoms with Gasteiger partial charge in [-0.2, -0.15) is 0 Å². The highest BCUT2D eigenvalue weighted by atomic mass is 127. The van der Waals surface area contributed by atoms with Gasteiger partial charge in [0.25, 0.3) is 12.3 Å². The first-order valence-electron chi connectivity index (χ1n) is 3.77. The smallest absolute Gasteiger partial charge is 0.365 e. The molecule has 86 valence electrons. The Labute approximate surface area is 101 Å². The number of amides is 1. The molecule has 0 saturated heterocycles. The van der Waals surface area contributed by atoms with E-state index in [9.17, 15) is 23.7 Å². The molecule has 0 aliphatic rings. The third-order valence-corrected chi connectivity index (χ3v) is 2.52. The number of halogens is 3. The molecule has 1 rings (SSSR count). The SMILES string of the molecule is NC(=O)c1cc(C(F)F)c(I)nc1[N+](=O)[O-]. The number of rotatable bonds is 3. The topological polar surface area (TPSA) is 99.1 Å². The van der Waals surface area contributed by atoms with Crippen molar-refractivity contribution in [2.45, 2.75) is 6.43 Å². The molecule has 1 heterocycles. The van der Waals surface area contributed by atoms with Gasteiger partial charge in [0.2, 0.25) is 3.70 Å². The summed E-state index contributed by atoms with van der Waals surface area (Å²) in [5, 5.41) is 10.5. The summed E-state index contributed by atoms with van der Waals surface area (Å²) in [6.45, 7) is 0. The first-order valence-corrected chi connectivity index (χ1v) is 4.85. The van der Waals surface area contributed by atoms with Gasteiger partial charge in [0.05, 0.1) is 5.56 Å². The molecule has 0 fully saturated rings. The van der Waals surface area contributed by atoms with Crippen LogP contribution in [-0.4, -0.2) is 15.8 Å². The van der Waals surface area contributed by atoms with Crippen LogP contribution in [0.3, 0.4) is 0 Å². The number of primary amides is 1. The summed E-state index contributed by atoms with van der Waals surface area (Å²) in [5.74, 6) is -1.99. The fraction of sp³-hybridized carbons (Fsp3) is 0.143. The first-order chi connectivity index (χ1) is 7.34. The number of nitrogens with two attached hydrogens (primary N) is 1. The van der Waals surface area contributed by atoms with Crippen LogP contribution in [0.2, 0.25) is 0 Å². The van der Waals surface area contributed by atoms with E-state index in [2.05, 4.69) is 4.98 Å². The number of nitro groups is 1. The summed E-state index contributed by atoms with van der Waals surface area (Å²) < 4.78 is 24.6. The summed E-state index contributed by atoms with van der Waals surface area (Å²) >= 11 is 1.43. The number of carbonyl (C=O) groups excluding carboxylic acids is 1. The van der Waals surface area contributed by atoms with Gasteiger partial charge >= 0.3 is 5.82 Å². The Kier molecular flexibility index (Phi) is 3.67. The Morgan fingerprint density at radius 2 is 2.19 bits per heavy atom. The lowest BCUT2D eigenvalue weighted by Crippen LogP contribution is -2.16. The van der Waals surface area contributed by atoms with E-state index in [0.29, 0.717) is 6.07 Å². The van der Waals surface area contributed by atoms with Crippen molar-refractivity contribution >= 4 is 34.3 Å². The molecule has 6 nitrogen and oxygen atoms in total. The minimum Gasteiger partial charge on any atom is -0.365 e. The van der Waals surface area contributed by atoms with Gasteiger partial charge in [-0.05, 0) is 16.0 Å². The molecule has 0 saturated carbocycles. The number of aromatic nitrogens is 1.